The van der Waals surface area contributed by atoms with Gasteiger partial charge in [0.15, 0.2) is 16.7 Å². The number of carbonyl (C=O) groups is 3. The van der Waals surface area contributed by atoms with Crippen LogP contribution in [-0.2, 0) is 34.0 Å². The van der Waals surface area contributed by atoms with Crippen LogP contribution in [0.1, 0.15) is 26.2 Å². The molecule has 3 saturated carbocycles. The standard InChI is InChI=1S/C16H18F2O8S/c1-7(2)13(20)26-15-4-8-3-9(15)12(10(19)5-15)11(8)14(21)25-6-16(17,18)27(22,23)24/h8-9,11-12H,1,3-6H2,2H3,(H,22,23,24)/p-1. The Kier molecular flexibility index (Phi) is 4.46. The van der Waals surface area contributed by atoms with Crippen molar-refractivity contribution in [1.29, 1.82) is 0 Å². The van der Waals surface area contributed by atoms with Gasteiger partial charge in [-0.15, -0.1) is 0 Å². The van der Waals surface area contributed by atoms with E-state index in [2.05, 4.69) is 11.3 Å². The summed E-state index contributed by atoms with van der Waals surface area (Å²) >= 11 is 0. The van der Waals surface area contributed by atoms with Crippen LogP contribution >= 0.6 is 0 Å². The van der Waals surface area contributed by atoms with Gasteiger partial charge >= 0.3 is 17.2 Å². The highest BCUT2D eigenvalue weighted by Gasteiger charge is 2.71. The molecular weight excluding hydrogens is 390 g/mol. The van der Waals surface area contributed by atoms with Crippen molar-refractivity contribution >= 4 is 27.8 Å². The quantitative estimate of drug-likeness (QED) is 0.359. The van der Waals surface area contributed by atoms with Gasteiger partial charge in [-0.05, 0) is 25.7 Å². The summed E-state index contributed by atoms with van der Waals surface area (Å²) in [5, 5.41) is -4.75. The van der Waals surface area contributed by atoms with E-state index in [1.807, 2.05) is 0 Å². The summed E-state index contributed by atoms with van der Waals surface area (Å²) in [6.07, 6.45) is 0.511. The lowest BCUT2D eigenvalue weighted by Gasteiger charge is -2.35. The van der Waals surface area contributed by atoms with Crippen LogP contribution in [-0.4, -0.2) is 48.2 Å². The zero-order valence-corrected chi connectivity index (χ0v) is 15.1. The van der Waals surface area contributed by atoms with E-state index >= 15 is 0 Å². The number of esters is 2. The molecule has 0 heterocycles. The number of rotatable bonds is 6. The third-order valence-corrected chi connectivity index (χ3v) is 6.53. The molecule has 27 heavy (non-hydrogen) atoms. The Hall–Kier alpha value is -1.88. The molecule has 2 bridgehead atoms. The zero-order valence-electron chi connectivity index (χ0n) is 14.3. The summed E-state index contributed by atoms with van der Waals surface area (Å²) < 4.78 is 67.7. The normalized spacial score (nSPS) is 34.6. The average molecular weight is 407 g/mol. The Bertz CT molecular complexity index is 835. The van der Waals surface area contributed by atoms with Gasteiger partial charge in [-0.1, -0.05) is 6.58 Å². The Morgan fingerprint density at radius 1 is 1.41 bits per heavy atom. The molecule has 5 atom stereocenters. The number of ketones is 1. The Labute approximate surface area is 153 Å². The number of alkyl halides is 2. The van der Waals surface area contributed by atoms with Crippen molar-refractivity contribution in [1.82, 2.24) is 0 Å². The lowest BCUT2D eigenvalue weighted by atomic mass is 9.77. The summed E-state index contributed by atoms with van der Waals surface area (Å²) in [7, 11) is -5.98. The molecule has 0 saturated heterocycles. The fourth-order valence-corrected chi connectivity index (χ4v) is 4.84. The first kappa shape index (κ1) is 19.9. The van der Waals surface area contributed by atoms with Gasteiger partial charge in [0.25, 0.3) is 0 Å². The van der Waals surface area contributed by atoms with Gasteiger partial charge < -0.3 is 14.0 Å². The minimum absolute atomic E-state index is 0.0767. The molecule has 0 N–H and O–H groups in total. The largest absolute Gasteiger partial charge is 0.743 e. The van der Waals surface area contributed by atoms with Gasteiger partial charge in [0.1, 0.15) is 11.4 Å². The van der Waals surface area contributed by atoms with Crippen LogP contribution in [0.3, 0.4) is 0 Å². The molecule has 0 aliphatic heterocycles. The lowest BCUT2D eigenvalue weighted by Crippen LogP contribution is -2.43. The maximum absolute atomic E-state index is 13.2. The van der Waals surface area contributed by atoms with Gasteiger partial charge in [0.2, 0.25) is 0 Å². The maximum Gasteiger partial charge on any atom is 0.367 e. The van der Waals surface area contributed by atoms with E-state index in [0.717, 1.165) is 0 Å². The second-order valence-corrected chi connectivity index (χ2v) is 8.94. The number of hydrogen-bond acceptors (Lipinski definition) is 8. The molecule has 0 spiro atoms. The topological polar surface area (TPSA) is 127 Å². The smallest absolute Gasteiger partial charge is 0.367 e. The van der Waals surface area contributed by atoms with Crippen molar-refractivity contribution in [3.05, 3.63) is 12.2 Å². The van der Waals surface area contributed by atoms with Crippen LogP contribution < -0.4 is 0 Å². The van der Waals surface area contributed by atoms with E-state index in [1.54, 1.807) is 0 Å². The third kappa shape index (κ3) is 3.06. The number of halogens is 2. The summed E-state index contributed by atoms with van der Waals surface area (Å²) in [5.41, 5.74) is -0.860. The highest BCUT2D eigenvalue weighted by atomic mass is 32.2. The first-order chi connectivity index (χ1) is 12.3. The lowest BCUT2D eigenvalue weighted by molar-refractivity contribution is -0.165. The van der Waals surface area contributed by atoms with Crippen molar-refractivity contribution in [2.45, 2.75) is 37.0 Å². The fourth-order valence-electron chi connectivity index (χ4n) is 4.64. The van der Waals surface area contributed by atoms with Crippen LogP contribution in [0.4, 0.5) is 8.78 Å². The van der Waals surface area contributed by atoms with Crippen LogP contribution in [0.25, 0.3) is 0 Å². The van der Waals surface area contributed by atoms with Gasteiger partial charge in [0, 0.05) is 23.8 Å². The minimum Gasteiger partial charge on any atom is -0.743 e. The second-order valence-electron chi connectivity index (χ2n) is 7.43. The highest BCUT2D eigenvalue weighted by Crippen LogP contribution is 2.64. The molecule has 3 fully saturated rings. The molecule has 0 aromatic heterocycles. The van der Waals surface area contributed by atoms with Crippen LogP contribution in [0.15, 0.2) is 12.2 Å². The third-order valence-electron chi connectivity index (χ3n) is 5.68. The summed E-state index contributed by atoms with van der Waals surface area (Å²) in [6, 6.07) is 0. The first-order valence-electron chi connectivity index (χ1n) is 8.20. The number of hydrogen-bond donors (Lipinski definition) is 0. The molecule has 3 rings (SSSR count). The number of ether oxygens (including phenoxy) is 2. The van der Waals surface area contributed by atoms with E-state index in [-0.39, 0.29) is 24.2 Å². The van der Waals surface area contributed by atoms with Crippen LogP contribution in [0, 0.1) is 23.7 Å². The van der Waals surface area contributed by atoms with E-state index in [4.69, 9.17) is 4.74 Å². The van der Waals surface area contributed by atoms with Crippen molar-refractivity contribution in [3.8, 4) is 0 Å². The molecule has 11 heteroatoms. The molecule has 3 aliphatic carbocycles. The molecule has 8 nitrogen and oxygen atoms in total. The van der Waals surface area contributed by atoms with Crippen LogP contribution in [0.5, 0.6) is 0 Å². The molecule has 0 aromatic rings. The van der Waals surface area contributed by atoms with Crippen molar-refractivity contribution in [3.63, 3.8) is 0 Å². The molecule has 0 radical (unpaired) electrons. The van der Waals surface area contributed by atoms with Gasteiger partial charge in [-0.2, -0.15) is 8.78 Å². The predicted octanol–water partition coefficient (Wildman–Crippen LogP) is 0.771. The Morgan fingerprint density at radius 2 is 2.04 bits per heavy atom. The SMILES string of the molecule is C=C(C)C(=O)OC12CC(=O)C3C(C(=O)OCC(F)(F)S(=O)(=O)[O-])C(CC31)C2. The Morgan fingerprint density at radius 3 is 2.59 bits per heavy atom. The van der Waals surface area contributed by atoms with E-state index in [9.17, 15) is 36.1 Å². The minimum atomic E-state index is -5.98. The molecule has 0 amide bonds. The summed E-state index contributed by atoms with van der Waals surface area (Å²) in [6.45, 7) is 3.05. The summed E-state index contributed by atoms with van der Waals surface area (Å²) in [5.74, 6) is -4.84. The first-order valence-corrected chi connectivity index (χ1v) is 9.61. The van der Waals surface area contributed by atoms with Crippen molar-refractivity contribution in [2.75, 3.05) is 6.61 Å². The number of Topliss-reactive ketones (excluding diaryl/α,β-unsaturated/α-hetero) is 1. The highest BCUT2D eigenvalue weighted by molar-refractivity contribution is 7.86. The number of carbonyl (C=O) groups excluding carboxylic acids is 3. The van der Waals surface area contributed by atoms with E-state index < -0.39 is 63.2 Å². The van der Waals surface area contributed by atoms with Crippen molar-refractivity contribution < 1.29 is 45.6 Å². The van der Waals surface area contributed by atoms with Crippen LogP contribution in [0.2, 0.25) is 0 Å². The van der Waals surface area contributed by atoms with Gasteiger partial charge in [-0.25, -0.2) is 13.2 Å². The molecule has 5 unspecified atom stereocenters. The zero-order chi connectivity index (χ0) is 20.4. The van der Waals surface area contributed by atoms with Gasteiger partial charge in [-0.3, -0.25) is 9.59 Å². The second kappa shape index (κ2) is 6.06. The van der Waals surface area contributed by atoms with Crippen molar-refractivity contribution in [2.24, 2.45) is 23.7 Å². The Balaban J connectivity index is 1.73. The molecule has 150 valence electrons. The number of fused-ring (bicyclic) bond motifs is 1. The van der Waals surface area contributed by atoms with Gasteiger partial charge in [0.05, 0.1) is 5.92 Å². The summed E-state index contributed by atoms with van der Waals surface area (Å²) in [4.78, 5) is 36.6. The molecular formula is C16H17F2O8S-. The fraction of sp³-hybridized carbons (Fsp3) is 0.688. The molecule has 3 aliphatic rings. The predicted molar refractivity (Wildman–Crippen MR) is 82.1 cm³/mol. The average Bonchev–Trinajstić information content (AvgIpc) is 3.10. The molecule has 0 aromatic carbocycles. The van der Waals surface area contributed by atoms with E-state index in [0.29, 0.717) is 6.42 Å². The maximum atomic E-state index is 13.2. The monoisotopic (exact) mass is 407 g/mol. The van der Waals surface area contributed by atoms with E-state index in [1.165, 1.54) is 6.92 Å².